The number of benzene rings is 1. The van der Waals surface area contributed by atoms with E-state index in [4.69, 9.17) is 10.5 Å². The third kappa shape index (κ3) is 6.09. The first-order chi connectivity index (χ1) is 20.0. The van der Waals surface area contributed by atoms with Gasteiger partial charge in [-0.25, -0.2) is 18.1 Å². The summed E-state index contributed by atoms with van der Waals surface area (Å²) >= 11 is 0. The minimum absolute atomic E-state index is 0.0137. The van der Waals surface area contributed by atoms with Crippen LogP contribution in [0.1, 0.15) is 47.3 Å². The van der Waals surface area contributed by atoms with Crippen molar-refractivity contribution in [2.24, 2.45) is 5.73 Å². The van der Waals surface area contributed by atoms with E-state index in [1.165, 1.54) is 39.3 Å². The van der Waals surface area contributed by atoms with Crippen LogP contribution < -0.4 is 15.8 Å². The second-order valence-corrected chi connectivity index (χ2v) is 11.3. The molecule has 0 atom stereocenters. The molecule has 0 radical (unpaired) electrons. The molecule has 4 rings (SSSR count). The number of primary amides is 1. The number of nitrogens with zero attached hydrogens (tertiary/aromatic N) is 6. The molecule has 0 unspecified atom stereocenters. The SMILES string of the molecule is CCOc1ncc(S(=O)(=O)N2CCN(CC)CC2)cc1C(=O)Nc1c(C(N)=O)nn(-c2ccc([N+](=O)[O-])cc2)c1CC. The van der Waals surface area contributed by atoms with Gasteiger partial charge in [0.2, 0.25) is 15.9 Å². The number of likely N-dealkylation sites (N-methyl/N-ethyl adjacent to an activating group) is 1. The monoisotopic (exact) mass is 600 g/mol. The van der Waals surface area contributed by atoms with Crippen molar-refractivity contribution in [3.05, 3.63) is 63.6 Å². The van der Waals surface area contributed by atoms with Gasteiger partial charge in [-0.05, 0) is 38.1 Å². The molecular weight excluding hydrogens is 568 g/mol. The lowest BCUT2D eigenvalue weighted by molar-refractivity contribution is -0.384. The fourth-order valence-electron chi connectivity index (χ4n) is 4.62. The highest BCUT2D eigenvalue weighted by Gasteiger charge is 2.31. The Kier molecular flexibility index (Phi) is 9.18. The fourth-order valence-corrected chi connectivity index (χ4v) is 6.01. The van der Waals surface area contributed by atoms with Crippen LogP contribution in [-0.4, -0.2) is 88.5 Å². The Morgan fingerprint density at radius 3 is 2.33 bits per heavy atom. The lowest BCUT2D eigenvalue weighted by atomic mass is 10.2. The van der Waals surface area contributed by atoms with Crippen LogP contribution >= 0.6 is 0 Å². The second-order valence-electron chi connectivity index (χ2n) is 9.32. The highest BCUT2D eigenvalue weighted by molar-refractivity contribution is 7.89. The number of nitrogens with two attached hydrogens (primary N) is 1. The molecular formula is C26H32N8O7S. The molecule has 3 N–H and O–H groups in total. The van der Waals surface area contributed by atoms with Crippen molar-refractivity contribution in [1.82, 2.24) is 24.0 Å². The van der Waals surface area contributed by atoms with Crippen LogP contribution in [0.15, 0.2) is 41.4 Å². The molecule has 1 fully saturated rings. The van der Waals surface area contributed by atoms with E-state index in [1.54, 1.807) is 13.8 Å². The Hall–Kier alpha value is -4.41. The van der Waals surface area contributed by atoms with Gasteiger partial charge in [0.25, 0.3) is 17.5 Å². The number of nitrogens with one attached hydrogen (secondary N) is 1. The van der Waals surface area contributed by atoms with Crippen LogP contribution in [0, 0.1) is 10.1 Å². The standard InChI is InChI=1S/C26H32N8O7S/c1-4-21-22(23(24(27)35)30-33(21)17-7-9-18(10-8-17)34(37)38)29-25(36)20-15-19(16-28-26(20)41-6-3)42(39,40)32-13-11-31(5-2)12-14-32/h7-10,15-16H,4-6,11-14H2,1-3H3,(H2,27,35)(H,29,36). The van der Waals surface area contributed by atoms with Crippen molar-refractivity contribution < 1.29 is 27.7 Å². The average Bonchev–Trinajstić information content (AvgIpc) is 3.35. The van der Waals surface area contributed by atoms with E-state index in [-0.39, 0.29) is 46.4 Å². The number of piperazine rings is 1. The van der Waals surface area contributed by atoms with Crippen molar-refractivity contribution in [3.8, 4) is 11.6 Å². The fraction of sp³-hybridized carbons (Fsp3) is 0.385. The zero-order valence-electron chi connectivity index (χ0n) is 23.4. The molecule has 1 aliphatic heterocycles. The summed E-state index contributed by atoms with van der Waals surface area (Å²) in [5.41, 5.74) is 5.84. The maximum absolute atomic E-state index is 13.6. The average molecular weight is 601 g/mol. The van der Waals surface area contributed by atoms with Gasteiger partial charge in [-0.3, -0.25) is 19.7 Å². The minimum Gasteiger partial charge on any atom is -0.477 e. The molecule has 224 valence electrons. The van der Waals surface area contributed by atoms with E-state index < -0.39 is 26.8 Å². The first kappa shape index (κ1) is 30.5. The van der Waals surface area contributed by atoms with Crippen LogP contribution in [-0.2, 0) is 16.4 Å². The number of non-ortho nitro benzene ring substituents is 1. The Labute approximate surface area is 242 Å². The van der Waals surface area contributed by atoms with E-state index in [0.717, 1.165) is 12.7 Å². The van der Waals surface area contributed by atoms with E-state index in [1.807, 2.05) is 6.92 Å². The molecule has 3 aromatic rings. The van der Waals surface area contributed by atoms with Gasteiger partial charge in [-0.1, -0.05) is 13.8 Å². The molecule has 2 aromatic heterocycles. The number of nitro groups is 1. The van der Waals surface area contributed by atoms with Gasteiger partial charge in [-0.15, -0.1) is 0 Å². The first-order valence-corrected chi connectivity index (χ1v) is 14.8. The van der Waals surface area contributed by atoms with Crippen molar-refractivity contribution in [1.29, 1.82) is 0 Å². The number of carbonyl (C=O) groups excluding carboxylic acids is 2. The predicted octanol–water partition coefficient (Wildman–Crippen LogP) is 1.81. The summed E-state index contributed by atoms with van der Waals surface area (Å²) in [5, 5.41) is 18.0. The van der Waals surface area contributed by atoms with E-state index in [2.05, 4.69) is 20.3 Å². The second kappa shape index (κ2) is 12.6. The number of hydrogen-bond acceptors (Lipinski definition) is 10. The molecule has 16 heteroatoms. The Morgan fingerprint density at radius 1 is 1.12 bits per heavy atom. The van der Waals surface area contributed by atoms with Gasteiger partial charge >= 0.3 is 0 Å². The van der Waals surface area contributed by atoms with Crippen LogP contribution in [0.3, 0.4) is 0 Å². The third-order valence-electron chi connectivity index (χ3n) is 6.86. The van der Waals surface area contributed by atoms with Crippen molar-refractivity contribution in [2.75, 3.05) is 44.6 Å². The number of ether oxygens (including phenoxy) is 1. The number of nitro benzene ring substituents is 1. The lowest BCUT2D eigenvalue weighted by Gasteiger charge is -2.33. The number of sulfonamides is 1. The largest absolute Gasteiger partial charge is 0.477 e. The van der Waals surface area contributed by atoms with Gasteiger partial charge in [0.05, 0.1) is 34.8 Å². The van der Waals surface area contributed by atoms with Gasteiger partial charge in [-0.2, -0.15) is 9.40 Å². The van der Waals surface area contributed by atoms with Crippen molar-refractivity contribution in [2.45, 2.75) is 32.1 Å². The van der Waals surface area contributed by atoms with Crippen LogP contribution in [0.2, 0.25) is 0 Å². The summed E-state index contributed by atoms with van der Waals surface area (Å²) in [5.74, 6) is -1.81. The molecule has 42 heavy (non-hydrogen) atoms. The molecule has 0 aliphatic carbocycles. The molecule has 15 nitrogen and oxygen atoms in total. The summed E-state index contributed by atoms with van der Waals surface area (Å²) in [7, 11) is -3.96. The van der Waals surface area contributed by atoms with Crippen LogP contribution in [0.5, 0.6) is 5.88 Å². The lowest BCUT2D eigenvalue weighted by Crippen LogP contribution is -2.48. The molecule has 1 aromatic carbocycles. The summed E-state index contributed by atoms with van der Waals surface area (Å²) in [4.78, 5) is 42.6. The molecule has 3 heterocycles. The third-order valence-corrected chi connectivity index (χ3v) is 8.72. The normalized spacial score (nSPS) is 14.5. The van der Waals surface area contributed by atoms with E-state index in [0.29, 0.717) is 37.6 Å². The zero-order valence-corrected chi connectivity index (χ0v) is 24.3. The van der Waals surface area contributed by atoms with E-state index in [9.17, 15) is 28.1 Å². The molecule has 0 spiro atoms. The van der Waals surface area contributed by atoms with Crippen LogP contribution in [0.4, 0.5) is 11.4 Å². The molecule has 1 saturated heterocycles. The number of carbonyl (C=O) groups is 2. The Balaban J connectivity index is 1.72. The van der Waals surface area contributed by atoms with Crippen molar-refractivity contribution >= 4 is 33.2 Å². The smallest absolute Gasteiger partial charge is 0.271 e. The molecule has 0 bridgehead atoms. The highest BCUT2D eigenvalue weighted by atomic mass is 32.2. The van der Waals surface area contributed by atoms with Crippen molar-refractivity contribution in [3.63, 3.8) is 0 Å². The predicted molar refractivity (Wildman–Crippen MR) is 152 cm³/mol. The van der Waals surface area contributed by atoms with Crippen LogP contribution in [0.25, 0.3) is 5.69 Å². The number of rotatable bonds is 11. The maximum Gasteiger partial charge on any atom is 0.271 e. The summed E-state index contributed by atoms with van der Waals surface area (Å²) in [6, 6.07) is 6.67. The Morgan fingerprint density at radius 2 is 1.79 bits per heavy atom. The summed E-state index contributed by atoms with van der Waals surface area (Å²) in [6.07, 6.45) is 1.43. The topological polar surface area (TPSA) is 196 Å². The van der Waals surface area contributed by atoms with Gasteiger partial charge in [0.15, 0.2) is 5.69 Å². The summed E-state index contributed by atoms with van der Waals surface area (Å²) in [6.45, 7) is 8.20. The summed E-state index contributed by atoms with van der Waals surface area (Å²) < 4.78 is 35.1. The minimum atomic E-state index is -3.96. The highest BCUT2D eigenvalue weighted by Crippen LogP contribution is 2.29. The first-order valence-electron chi connectivity index (χ1n) is 13.3. The number of hydrogen-bond donors (Lipinski definition) is 2. The molecule has 0 saturated carbocycles. The molecule has 2 amide bonds. The number of aromatic nitrogens is 3. The Bertz CT molecular complexity index is 1600. The van der Waals surface area contributed by atoms with Gasteiger partial charge in [0, 0.05) is 38.3 Å². The molecule has 1 aliphatic rings. The van der Waals surface area contributed by atoms with Gasteiger partial charge < -0.3 is 20.7 Å². The number of amides is 2. The quantitative estimate of drug-likeness (QED) is 0.242. The zero-order chi connectivity index (χ0) is 30.6. The van der Waals surface area contributed by atoms with E-state index >= 15 is 0 Å². The maximum atomic E-state index is 13.6. The number of pyridine rings is 1. The number of anilines is 1. The van der Waals surface area contributed by atoms with Gasteiger partial charge in [0.1, 0.15) is 10.5 Å².